The number of carbonyl (C=O) groups is 1. The third-order valence-corrected chi connectivity index (χ3v) is 5.40. The lowest BCUT2D eigenvalue weighted by Crippen LogP contribution is -2.38. The van der Waals surface area contributed by atoms with Crippen LogP contribution in [0.2, 0.25) is 0 Å². The van der Waals surface area contributed by atoms with Gasteiger partial charge in [-0.2, -0.15) is 0 Å². The van der Waals surface area contributed by atoms with Gasteiger partial charge >= 0.3 is 0 Å². The highest BCUT2D eigenvalue weighted by atomic mass is 16.2. The van der Waals surface area contributed by atoms with Crippen LogP contribution in [0.1, 0.15) is 55.1 Å². The smallest absolute Gasteiger partial charge is 0.223 e. The molecule has 27 heavy (non-hydrogen) atoms. The minimum absolute atomic E-state index is 0.231. The number of benzene rings is 1. The normalized spacial score (nSPS) is 17.5. The Hall–Kier alpha value is -2.14. The predicted molar refractivity (Wildman–Crippen MR) is 108 cm³/mol. The molecule has 2 aromatic rings. The second kappa shape index (κ2) is 9.18. The first-order valence-corrected chi connectivity index (χ1v) is 10.1. The Bertz CT molecular complexity index is 735. The molecule has 0 saturated carbocycles. The van der Waals surface area contributed by atoms with Gasteiger partial charge in [-0.3, -0.25) is 4.79 Å². The molecule has 0 bridgehead atoms. The molecule has 0 aliphatic carbocycles. The Kier molecular flexibility index (Phi) is 6.67. The Balaban J connectivity index is 1.60. The summed E-state index contributed by atoms with van der Waals surface area (Å²) in [4.78, 5) is 21.4. The number of rotatable bonds is 7. The highest BCUT2D eigenvalue weighted by Crippen LogP contribution is 2.31. The summed E-state index contributed by atoms with van der Waals surface area (Å²) >= 11 is 0. The zero-order chi connectivity index (χ0) is 19.2. The lowest BCUT2D eigenvalue weighted by Gasteiger charge is -2.36. The van der Waals surface area contributed by atoms with Crippen LogP contribution in [-0.4, -0.2) is 45.9 Å². The van der Waals surface area contributed by atoms with Gasteiger partial charge in [-0.25, -0.2) is 4.98 Å². The monoisotopic (exact) mass is 368 g/mol. The van der Waals surface area contributed by atoms with E-state index in [1.165, 1.54) is 17.5 Å². The molecule has 3 rings (SSSR count). The van der Waals surface area contributed by atoms with Gasteiger partial charge in [0.05, 0.1) is 6.04 Å². The van der Waals surface area contributed by atoms with Crippen molar-refractivity contribution in [3.05, 3.63) is 53.6 Å². The summed E-state index contributed by atoms with van der Waals surface area (Å²) in [7, 11) is 4.17. The van der Waals surface area contributed by atoms with Crippen molar-refractivity contribution in [3.63, 3.8) is 0 Å². The summed E-state index contributed by atoms with van der Waals surface area (Å²) in [6.45, 7) is 4.69. The second-order valence-corrected chi connectivity index (χ2v) is 7.85. The number of carbonyl (C=O) groups excluding carboxylic acids is 1. The van der Waals surface area contributed by atoms with Crippen LogP contribution < -0.4 is 0 Å². The fourth-order valence-corrected chi connectivity index (χ4v) is 3.97. The number of aryl methyl sites for hydroxylation is 2. The Morgan fingerprint density at radius 1 is 1.22 bits per heavy atom. The first kappa shape index (κ1) is 19.6. The molecule has 1 fully saturated rings. The molecule has 1 aromatic carbocycles. The van der Waals surface area contributed by atoms with Crippen LogP contribution in [0, 0.1) is 6.92 Å². The summed E-state index contributed by atoms with van der Waals surface area (Å²) in [6, 6.07) is 9.06. The van der Waals surface area contributed by atoms with E-state index in [1.54, 1.807) is 0 Å². The third kappa shape index (κ3) is 5.19. The molecule has 1 aliphatic heterocycles. The van der Waals surface area contributed by atoms with E-state index in [0.717, 1.165) is 44.7 Å². The number of nitrogens with zero attached hydrogens (tertiary/aromatic N) is 4. The molecule has 1 atom stereocenters. The summed E-state index contributed by atoms with van der Waals surface area (Å²) in [5.41, 5.74) is 2.59. The maximum atomic E-state index is 12.9. The van der Waals surface area contributed by atoms with Crippen molar-refractivity contribution in [1.29, 1.82) is 0 Å². The Labute approximate surface area is 163 Å². The van der Waals surface area contributed by atoms with Gasteiger partial charge in [0, 0.05) is 38.4 Å². The van der Waals surface area contributed by atoms with Crippen molar-refractivity contribution < 1.29 is 4.79 Å². The van der Waals surface area contributed by atoms with Gasteiger partial charge < -0.3 is 14.4 Å². The van der Waals surface area contributed by atoms with Crippen LogP contribution >= 0.6 is 0 Å². The third-order valence-electron chi connectivity index (χ3n) is 5.40. The van der Waals surface area contributed by atoms with Crippen LogP contribution in [0.4, 0.5) is 0 Å². The number of hydrogen-bond acceptors (Lipinski definition) is 3. The van der Waals surface area contributed by atoms with Crippen LogP contribution in [0.3, 0.4) is 0 Å². The first-order chi connectivity index (χ1) is 13.0. The number of likely N-dealkylation sites (tertiary alicyclic amines) is 1. The van der Waals surface area contributed by atoms with Crippen molar-refractivity contribution >= 4 is 5.91 Å². The number of aromatic nitrogens is 2. The molecule has 1 aliphatic rings. The van der Waals surface area contributed by atoms with Gasteiger partial charge in [0.25, 0.3) is 0 Å². The minimum Gasteiger partial charge on any atom is -0.336 e. The molecule has 0 spiro atoms. The highest BCUT2D eigenvalue weighted by Gasteiger charge is 2.27. The molecule has 146 valence electrons. The highest BCUT2D eigenvalue weighted by molar-refractivity contribution is 5.76. The molecular formula is C22H32N4O. The van der Waals surface area contributed by atoms with Gasteiger partial charge in [-0.05, 0) is 57.8 Å². The maximum absolute atomic E-state index is 12.9. The molecule has 1 saturated heterocycles. The van der Waals surface area contributed by atoms with Crippen molar-refractivity contribution in [2.24, 2.45) is 0 Å². The summed E-state index contributed by atoms with van der Waals surface area (Å²) in [6.07, 6.45) is 8.65. The Morgan fingerprint density at radius 3 is 2.67 bits per heavy atom. The average Bonchev–Trinajstić information content (AvgIpc) is 3.07. The fourth-order valence-electron chi connectivity index (χ4n) is 3.97. The zero-order valence-electron chi connectivity index (χ0n) is 16.9. The average molecular weight is 369 g/mol. The first-order valence-electron chi connectivity index (χ1n) is 10.1. The van der Waals surface area contributed by atoms with Crippen LogP contribution in [0.5, 0.6) is 0 Å². The van der Waals surface area contributed by atoms with Gasteiger partial charge in [-0.15, -0.1) is 0 Å². The molecule has 2 heterocycles. The van der Waals surface area contributed by atoms with E-state index >= 15 is 0 Å². The van der Waals surface area contributed by atoms with Crippen LogP contribution in [-0.2, 0) is 17.9 Å². The molecule has 0 unspecified atom stereocenters. The molecule has 0 radical (unpaired) electrons. The van der Waals surface area contributed by atoms with Gasteiger partial charge in [-0.1, -0.05) is 24.3 Å². The van der Waals surface area contributed by atoms with Gasteiger partial charge in [0.1, 0.15) is 5.82 Å². The van der Waals surface area contributed by atoms with E-state index in [2.05, 4.69) is 57.7 Å². The molecule has 5 nitrogen and oxygen atoms in total. The molecule has 1 amide bonds. The molecule has 0 N–H and O–H groups in total. The quantitative estimate of drug-likeness (QED) is 0.747. The second-order valence-electron chi connectivity index (χ2n) is 7.85. The topological polar surface area (TPSA) is 41.4 Å². The molecule has 5 heteroatoms. The maximum Gasteiger partial charge on any atom is 0.223 e. The van der Waals surface area contributed by atoms with Crippen LogP contribution in [0.25, 0.3) is 0 Å². The van der Waals surface area contributed by atoms with Crippen molar-refractivity contribution in [1.82, 2.24) is 19.4 Å². The molecule has 1 aromatic heterocycles. The lowest BCUT2D eigenvalue weighted by atomic mass is 9.94. The number of amides is 1. The van der Waals surface area contributed by atoms with E-state index in [4.69, 9.17) is 0 Å². The van der Waals surface area contributed by atoms with Crippen molar-refractivity contribution in [2.45, 2.75) is 58.2 Å². The van der Waals surface area contributed by atoms with E-state index in [0.29, 0.717) is 6.42 Å². The fraction of sp³-hybridized carbons (Fsp3) is 0.545. The van der Waals surface area contributed by atoms with Crippen molar-refractivity contribution in [3.8, 4) is 0 Å². The van der Waals surface area contributed by atoms with E-state index in [9.17, 15) is 4.79 Å². The van der Waals surface area contributed by atoms with E-state index in [-0.39, 0.29) is 11.9 Å². The van der Waals surface area contributed by atoms with E-state index in [1.807, 2.05) is 19.3 Å². The summed E-state index contributed by atoms with van der Waals surface area (Å²) in [5, 5.41) is 0. The predicted octanol–water partition coefficient (Wildman–Crippen LogP) is 3.79. The SMILES string of the molecule is Cc1nccn1CCCC(=O)N1CCCC[C@H]1c1ccc(CN(C)C)cc1. The van der Waals surface area contributed by atoms with E-state index < -0.39 is 0 Å². The van der Waals surface area contributed by atoms with Gasteiger partial charge in [0.15, 0.2) is 0 Å². The Morgan fingerprint density at radius 2 is 2.00 bits per heavy atom. The number of hydrogen-bond donors (Lipinski definition) is 0. The van der Waals surface area contributed by atoms with Gasteiger partial charge in [0.2, 0.25) is 5.91 Å². The van der Waals surface area contributed by atoms with Crippen molar-refractivity contribution in [2.75, 3.05) is 20.6 Å². The molecular weight excluding hydrogens is 336 g/mol. The largest absolute Gasteiger partial charge is 0.336 e. The standard InChI is InChI=1S/C22H32N4O/c1-18-23-13-16-25(18)14-6-8-22(27)26-15-5-4-7-21(26)20-11-9-19(10-12-20)17-24(2)3/h9-13,16,21H,4-8,14-15,17H2,1-3H3/t21-/m0/s1. The number of piperidine rings is 1. The van der Waals surface area contributed by atoms with Crippen LogP contribution in [0.15, 0.2) is 36.7 Å². The lowest BCUT2D eigenvalue weighted by molar-refractivity contribution is -0.135. The summed E-state index contributed by atoms with van der Waals surface area (Å²) in [5.74, 6) is 1.30. The number of imidazole rings is 1. The summed E-state index contributed by atoms with van der Waals surface area (Å²) < 4.78 is 2.12. The zero-order valence-corrected chi connectivity index (χ0v) is 16.9. The minimum atomic E-state index is 0.231.